The highest BCUT2D eigenvalue weighted by Crippen LogP contribution is 2.62. The van der Waals surface area contributed by atoms with E-state index in [2.05, 4.69) is 109 Å². The first kappa shape index (κ1) is 51.5. The van der Waals surface area contributed by atoms with Crippen molar-refractivity contribution in [2.24, 2.45) is 11.8 Å². The fourth-order valence-corrected chi connectivity index (χ4v) is 19.6. The number of rotatable bonds is 32. The minimum absolute atomic E-state index is 0.172. The number of benzene rings is 1. The third-order valence-corrected chi connectivity index (χ3v) is 20.8. The summed E-state index contributed by atoms with van der Waals surface area (Å²) in [6.07, 6.45) is 51.6. The summed E-state index contributed by atoms with van der Waals surface area (Å²) >= 11 is 0. The van der Waals surface area contributed by atoms with E-state index < -0.39 is 8.24 Å². The molecule has 0 aromatic heterocycles. The third-order valence-electron chi connectivity index (χ3n) is 15.8. The van der Waals surface area contributed by atoms with Crippen LogP contribution in [0, 0.1) is 11.8 Å². The number of nitrogens with zero attached hydrogens (tertiary/aromatic N) is 1. The third kappa shape index (κ3) is 15.0. The van der Waals surface area contributed by atoms with Crippen molar-refractivity contribution >= 4 is 13.8 Å². The molecule has 3 unspecified atom stereocenters. The van der Waals surface area contributed by atoms with Crippen molar-refractivity contribution in [2.45, 2.75) is 296 Å². The Kier molecular flexibility index (Phi) is 22.3. The molecule has 1 aromatic rings. The van der Waals surface area contributed by atoms with Crippen LogP contribution in [-0.4, -0.2) is 23.9 Å². The molecule has 3 aliphatic carbocycles. The molecule has 60 heavy (non-hydrogen) atoms. The van der Waals surface area contributed by atoms with Crippen LogP contribution in [0.1, 0.15) is 272 Å². The van der Waals surface area contributed by atoms with Crippen molar-refractivity contribution in [3.63, 3.8) is 0 Å². The molecule has 3 atom stereocenters. The molecule has 0 saturated heterocycles. The lowest BCUT2D eigenvalue weighted by atomic mass is 9.68. The van der Waals surface area contributed by atoms with Crippen LogP contribution in [-0.2, 0) is 5.41 Å². The summed E-state index contributed by atoms with van der Waals surface area (Å²) in [6.45, 7) is 25.0. The Morgan fingerprint density at radius 1 is 0.517 bits per heavy atom. The lowest BCUT2D eigenvalue weighted by Crippen LogP contribution is -2.67. The van der Waals surface area contributed by atoms with Crippen LogP contribution in [0.5, 0.6) is 0 Å². The van der Waals surface area contributed by atoms with Gasteiger partial charge in [-0.15, -0.1) is 0 Å². The predicted molar refractivity (Wildman–Crippen MR) is 273 cm³/mol. The first-order chi connectivity index (χ1) is 28.8. The van der Waals surface area contributed by atoms with Crippen LogP contribution in [0.2, 0.25) is 18.6 Å². The Morgan fingerprint density at radius 3 is 1.30 bits per heavy atom. The maximum absolute atomic E-state index is 3.01. The van der Waals surface area contributed by atoms with Gasteiger partial charge in [0, 0.05) is 16.5 Å². The highest BCUT2D eigenvalue weighted by molar-refractivity contribution is 6.76. The number of hydrogen-bond donors (Lipinski definition) is 0. The van der Waals surface area contributed by atoms with Crippen molar-refractivity contribution in [1.82, 2.24) is 4.57 Å². The van der Waals surface area contributed by atoms with Gasteiger partial charge in [0.15, 0.2) is 0 Å². The Morgan fingerprint density at radius 2 is 0.900 bits per heavy atom. The second-order valence-electron chi connectivity index (χ2n) is 23.2. The van der Waals surface area contributed by atoms with Crippen LogP contribution in [0.25, 0.3) is 5.57 Å². The Hall–Kier alpha value is -1.12. The molecule has 3 aliphatic rings. The quantitative estimate of drug-likeness (QED) is 0.0516. The van der Waals surface area contributed by atoms with Crippen molar-refractivity contribution in [3.8, 4) is 0 Å². The summed E-state index contributed by atoms with van der Waals surface area (Å²) < 4.78 is 3.01. The fraction of sp³-hybridized carbons (Fsp3) is 0.828. The van der Waals surface area contributed by atoms with Crippen molar-refractivity contribution in [1.29, 1.82) is 0 Å². The van der Waals surface area contributed by atoms with Gasteiger partial charge in [-0.2, -0.15) is 0 Å². The molecule has 1 nitrogen and oxygen atoms in total. The van der Waals surface area contributed by atoms with E-state index in [-0.39, 0.29) is 16.5 Å². The van der Waals surface area contributed by atoms with Gasteiger partial charge >= 0.3 is 0 Å². The largest absolute Gasteiger partial charge is 0.314 e. The van der Waals surface area contributed by atoms with Gasteiger partial charge in [-0.1, -0.05) is 250 Å². The summed E-state index contributed by atoms with van der Waals surface area (Å²) in [4.78, 5) is 0. The molecule has 1 fully saturated rings. The predicted octanol–water partition coefficient (Wildman–Crippen LogP) is 19.5. The minimum atomic E-state index is -1.80. The normalized spacial score (nSPS) is 20.0. The smallest absolute Gasteiger partial charge is 0.126 e. The topological polar surface area (TPSA) is 3.24 Å². The van der Waals surface area contributed by atoms with Gasteiger partial charge in [0.2, 0.25) is 0 Å². The van der Waals surface area contributed by atoms with Gasteiger partial charge in [0.05, 0.1) is 0 Å². The van der Waals surface area contributed by atoms with Crippen LogP contribution in [0.4, 0.5) is 0 Å². The van der Waals surface area contributed by atoms with Gasteiger partial charge in [-0.3, -0.25) is 0 Å². The first-order valence-electron chi connectivity index (χ1n) is 27.1. The fourth-order valence-electron chi connectivity index (χ4n) is 13.6. The standard InChI is InChI=1S/C58H103NSi/c1-11-13-15-17-19-21-23-25-27-29-31-33-35-39-45-58(46-40-36-34-32-30-28-26-24-22-20-18-16-14-12-2)53-42-38-37-41-50(53)52-48-51-49(47-54(52)58)43-44-55(51)60(9,10)59(56(3,4)5)57(6,7)8/h37-38,41-42,47-49,51,55H,11-36,39-40,43-46H2,1-10H3. The molecule has 1 aromatic carbocycles. The van der Waals surface area contributed by atoms with E-state index in [1.54, 1.807) is 22.3 Å². The van der Waals surface area contributed by atoms with Gasteiger partial charge in [0.25, 0.3) is 0 Å². The van der Waals surface area contributed by atoms with Crippen molar-refractivity contribution < 1.29 is 0 Å². The maximum Gasteiger partial charge on any atom is 0.126 e. The van der Waals surface area contributed by atoms with E-state index in [4.69, 9.17) is 0 Å². The van der Waals surface area contributed by atoms with Crippen LogP contribution >= 0.6 is 0 Å². The highest BCUT2D eigenvalue weighted by Gasteiger charge is 2.55. The second-order valence-corrected chi connectivity index (χ2v) is 27.7. The molecule has 0 amide bonds. The zero-order chi connectivity index (χ0) is 43.5. The van der Waals surface area contributed by atoms with Crippen LogP contribution in [0.3, 0.4) is 0 Å². The van der Waals surface area contributed by atoms with Gasteiger partial charge < -0.3 is 4.57 Å². The Bertz CT molecular complexity index is 1340. The summed E-state index contributed by atoms with van der Waals surface area (Å²) in [5.41, 5.74) is 8.10. The van der Waals surface area contributed by atoms with E-state index in [9.17, 15) is 0 Å². The van der Waals surface area contributed by atoms with E-state index >= 15 is 0 Å². The molecule has 1 saturated carbocycles. The minimum Gasteiger partial charge on any atom is -0.314 e. The molecule has 0 heterocycles. The molecule has 344 valence electrons. The Labute approximate surface area is 377 Å². The van der Waals surface area contributed by atoms with Gasteiger partial charge in [-0.05, 0) is 100 Å². The molecule has 0 spiro atoms. The summed E-state index contributed by atoms with van der Waals surface area (Å²) in [5.74, 6) is 1.40. The number of hydrogen-bond acceptors (Lipinski definition) is 1. The van der Waals surface area contributed by atoms with E-state index in [0.29, 0.717) is 11.8 Å². The summed E-state index contributed by atoms with van der Waals surface area (Å²) in [5, 5.41) is 0. The van der Waals surface area contributed by atoms with Crippen LogP contribution < -0.4 is 0 Å². The monoisotopic (exact) mass is 842 g/mol. The molecular weight excluding hydrogens is 739 g/mol. The number of fused-ring (bicyclic) bond motifs is 4. The zero-order valence-corrected chi connectivity index (χ0v) is 43.3. The average molecular weight is 843 g/mol. The summed E-state index contributed by atoms with van der Waals surface area (Å²) in [6, 6.07) is 9.84. The Balaban J connectivity index is 1.40. The molecule has 2 heteroatoms. The molecule has 0 bridgehead atoms. The molecular formula is C58H103NSi. The van der Waals surface area contributed by atoms with Gasteiger partial charge in [-0.25, -0.2) is 0 Å². The average Bonchev–Trinajstić information content (AvgIpc) is 3.73. The maximum atomic E-state index is 3.01. The van der Waals surface area contributed by atoms with E-state index in [0.717, 1.165) is 5.54 Å². The lowest BCUT2D eigenvalue weighted by Gasteiger charge is -2.57. The molecule has 4 rings (SSSR count). The van der Waals surface area contributed by atoms with E-state index in [1.165, 1.54) is 205 Å². The molecule has 0 N–H and O–H groups in total. The first-order valence-corrected chi connectivity index (χ1v) is 30.2. The number of unbranched alkanes of at least 4 members (excludes halogenated alkanes) is 26. The number of allylic oxidation sites excluding steroid dienone is 4. The molecule has 0 radical (unpaired) electrons. The summed E-state index contributed by atoms with van der Waals surface area (Å²) in [7, 11) is -1.80. The van der Waals surface area contributed by atoms with Crippen molar-refractivity contribution in [2.75, 3.05) is 0 Å². The van der Waals surface area contributed by atoms with E-state index in [1.807, 2.05) is 0 Å². The SMILES string of the molecule is CCCCCCCCCCCCCCCCC1(CCCCCCCCCCCCCCCC)C2=CC3CCC([Si](C)(C)N(C(C)(C)C)C(C)(C)C)C3C=C2c2ccccc21. The lowest BCUT2D eigenvalue weighted by molar-refractivity contribution is 0.122. The highest BCUT2D eigenvalue weighted by atomic mass is 28.3. The van der Waals surface area contributed by atoms with Crippen molar-refractivity contribution in [3.05, 3.63) is 53.1 Å². The van der Waals surface area contributed by atoms with Crippen LogP contribution in [0.15, 0.2) is 42.0 Å². The van der Waals surface area contributed by atoms with Gasteiger partial charge in [0.1, 0.15) is 8.24 Å². The second kappa shape index (κ2) is 26.0. The molecule has 0 aliphatic heterocycles. The zero-order valence-electron chi connectivity index (χ0n) is 42.3.